The summed E-state index contributed by atoms with van der Waals surface area (Å²) in [6, 6.07) is 12.5. The van der Waals surface area contributed by atoms with Crippen LogP contribution < -0.4 is 0 Å². The third-order valence-corrected chi connectivity index (χ3v) is 5.36. The predicted molar refractivity (Wildman–Crippen MR) is 116 cm³/mol. The van der Waals surface area contributed by atoms with Gasteiger partial charge in [-0.3, -0.25) is 4.98 Å². The Kier molecular flexibility index (Phi) is 5.87. The Labute approximate surface area is 191 Å². The molecule has 34 heavy (non-hydrogen) atoms. The molecule has 0 amide bonds. The molecule has 0 saturated carbocycles. The number of pyridine rings is 3. The lowest BCUT2D eigenvalue weighted by atomic mass is 9.83. The van der Waals surface area contributed by atoms with Gasteiger partial charge in [0.05, 0.1) is 22.6 Å². The zero-order chi connectivity index (χ0) is 24.6. The average molecular weight is 467 g/mol. The highest BCUT2D eigenvalue weighted by Gasteiger charge is 2.29. The maximum absolute atomic E-state index is 14.5. The van der Waals surface area contributed by atoms with Gasteiger partial charge in [-0.25, -0.2) is 18.6 Å². The van der Waals surface area contributed by atoms with E-state index in [0.29, 0.717) is 17.0 Å². The Morgan fingerprint density at radius 2 is 1.47 bits per heavy atom. The summed E-state index contributed by atoms with van der Waals surface area (Å²) in [5, 5.41) is 9.31. The summed E-state index contributed by atoms with van der Waals surface area (Å²) >= 11 is 0. The van der Waals surface area contributed by atoms with Crippen LogP contribution >= 0.6 is 0 Å². The zero-order valence-corrected chi connectivity index (χ0v) is 18.0. The minimum atomic E-state index is -1.21. The zero-order valence-electron chi connectivity index (χ0n) is 18.0. The van der Waals surface area contributed by atoms with Gasteiger partial charge in [0.25, 0.3) is 0 Å². The lowest BCUT2D eigenvalue weighted by Gasteiger charge is -2.25. The fourth-order valence-corrected chi connectivity index (χ4v) is 3.51. The van der Waals surface area contributed by atoms with Crippen LogP contribution in [0.25, 0.3) is 22.4 Å². The van der Waals surface area contributed by atoms with Gasteiger partial charge in [-0.15, -0.1) is 0 Å². The third kappa shape index (κ3) is 4.50. The van der Waals surface area contributed by atoms with E-state index in [-0.39, 0.29) is 22.5 Å². The molecular formula is C25H17F4N3O2. The van der Waals surface area contributed by atoms with Crippen molar-refractivity contribution in [3.63, 3.8) is 0 Å². The number of rotatable bonds is 5. The lowest BCUT2D eigenvalue weighted by Crippen LogP contribution is -2.23. The number of aromatic carboxylic acids is 1. The molecule has 0 radical (unpaired) electrons. The van der Waals surface area contributed by atoms with Gasteiger partial charge in [0.2, 0.25) is 11.9 Å². The summed E-state index contributed by atoms with van der Waals surface area (Å²) < 4.78 is 55.7. The fourth-order valence-electron chi connectivity index (χ4n) is 3.51. The molecule has 0 atom stereocenters. The molecule has 1 aromatic carbocycles. The van der Waals surface area contributed by atoms with Crippen molar-refractivity contribution in [2.45, 2.75) is 19.3 Å². The number of halogens is 4. The number of hydrogen-bond donors (Lipinski definition) is 1. The Bertz CT molecular complexity index is 1400. The van der Waals surface area contributed by atoms with Crippen LogP contribution in [0.2, 0.25) is 0 Å². The number of nitrogens with zero attached hydrogens (tertiary/aromatic N) is 3. The van der Waals surface area contributed by atoms with Gasteiger partial charge in [-0.2, -0.15) is 13.8 Å². The second-order valence-electron chi connectivity index (χ2n) is 8.09. The minimum Gasteiger partial charge on any atom is -0.477 e. The number of aromatic nitrogens is 3. The molecule has 4 aromatic rings. The molecule has 0 spiro atoms. The molecule has 9 heteroatoms. The van der Waals surface area contributed by atoms with Crippen molar-refractivity contribution in [3.05, 3.63) is 101 Å². The Hall–Kier alpha value is -4.14. The number of benzene rings is 1. The first-order valence-corrected chi connectivity index (χ1v) is 10.1. The molecule has 0 aliphatic heterocycles. The molecule has 1 N–H and O–H groups in total. The molecule has 0 unspecified atom stereocenters. The van der Waals surface area contributed by atoms with Gasteiger partial charge in [0.15, 0.2) is 0 Å². The molecule has 0 bridgehead atoms. The molecule has 5 nitrogen and oxygen atoms in total. The van der Waals surface area contributed by atoms with Crippen molar-refractivity contribution < 1.29 is 27.5 Å². The molecule has 4 rings (SSSR count). The van der Waals surface area contributed by atoms with Crippen molar-refractivity contribution in [3.8, 4) is 22.4 Å². The average Bonchev–Trinajstić information content (AvgIpc) is 2.78. The Morgan fingerprint density at radius 1 is 0.794 bits per heavy atom. The maximum atomic E-state index is 14.5. The highest BCUT2D eigenvalue weighted by Crippen LogP contribution is 2.35. The summed E-state index contributed by atoms with van der Waals surface area (Å²) in [6.07, 6.45) is 0. The summed E-state index contributed by atoms with van der Waals surface area (Å²) in [5.41, 5.74) is -0.122. The van der Waals surface area contributed by atoms with Crippen molar-refractivity contribution in [1.82, 2.24) is 15.0 Å². The lowest BCUT2D eigenvalue weighted by molar-refractivity contribution is 0.0690. The van der Waals surface area contributed by atoms with Gasteiger partial charge in [0.1, 0.15) is 17.3 Å². The topological polar surface area (TPSA) is 76.0 Å². The van der Waals surface area contributed by atoms with E-state index in [2.05, 4.69) is 15.0 Å². The molecular weight excluding hydrogens is 450 g/mol. The van der Waals surface area contributed by atoms with Crippen LogP contribution in [0.4, 0.5) is 17.6 Å². The van der Waals surface area contributed by atoms with E-state index in [0.717, 1.165) is 30.3 Å². The van der Waals surface area contributed by atoms with Crippen LogP contribution in [-0.4, -0.2) is 26.0 Å². The minimum absolute atomic E-state index is 0.0460. The first-order chi connectivity index (χ1) is 16.0. The normalized spacial score (nSPS) is 11.5. The SMILES string of the molecule is CC(C)(c1cccc(C(=O)O)n1)c1cc(-c2cc(F)cc(F)c2)cc(-c2ccc(F)nc2F)n1. The van der Waals surface area contributed by atoms with Crippen molar-refractivity contribution >= 4 is 5.97 Å². The van der Waals surface area contributed by atoms with E-state index < -0.39 is 34.9 Å². The van der Waals surface area contributed by atoms with Crippen molar-refractivity contribution in [2.75, 3.05) is 0 Å². The predicted octanol–water partition coefficient (Wildman–Crippen LogP) is 5.79. The Morgan fingerprint density at radius 3 is 2.12 bits per heavy atom. The molecule has 172 valence electrons. The fraction of sp³-hybridized carbons (Fsp3) is 0.120. The van der Waals surface area contributed by atoms with Crippen molar-refractivity contribution in [1.29, 1.82) is 0 Å². The van der Waals surface area contributed by atoms with E-state index in [4.69, 9.17) is 0 Å². The molecule has 3 aromatic heterocycles. The third-order valence-electron chi connectivity index (χ3n) is 5.36. The van der Waals surface area contributed by atoms with E-state index >= 15 is 0 Å². The van der Waals surface area contributed by atoms with Crippen LogP contribution in [-0.2, 0) is 5.41 Å². The molecule has 0 saturated heterocycles. The molecule has 0 fully saturated rings. The largest absolute Gasteiger partial charge is 0.477 e. The molecule has 0 aliphatic rings. The van der Waals surface area contributed by atoms with E-state index in [1.54, 1.807) is 26.0 Å². The van der Waals surface area contributed by atoms with Gasteiger partial charge in [-0.05, 0) is 73.5 Å². The first-order valence-electron chi connectivity index (χ1n) is 10.1. The second kappa shape index (κ2) is 8.66. The van der Waals surface area contributed by atoms with Gasteiger partial charge >= 0.3 is 5.97 Å². The van der Waals surface area contributed by atoms with Crippen LogP contribution in [0.1, 0.15) is 35.7 Å². The quantitative estimate of drug-likeness (QED) is 0.297. The van der Waals surface area contributed by atoms with E-state index in [1.807, 2.05) is 0 Å². The maximum Gasteiger partial charge on any atom is 0.354 e. The summed E-state index contributed by atoms with van der Waals surface area (Å²) in [5.74, 6) is -4.95. The number of carbonyl (C=O) groups is 1. The van der Waals surface area contributed by atoms with E-state index in [9.17, 15) is 27.5 Å². The summed E-state index contributed by atoms with van der Waals surface area (Å²) in [6.45, 7) is 3.45. The van der Waals surface area contributed by atoms with Crippen LogP contribution in [0.3, 0.4) is 0 Å². The standard InChI is InChI=1S/C25H17F4N3O2/c1-25(2,20-5-3-4-18(30-20)24(33)34)21-11-14(13-8-15(26)12-16(27)9-13)10-19(31-21)17-6-7-22(28)32-23(17)29/h3-12H,1-2H3,(H,33,34). The van der Waals surface area contributed by atoms with Crippen molar-refractivity contribution in [2.24, 2.45) is 0 Å². The van der Waals surface area contributed by atoms with Gasteiger partial charge < -0.3 is 5.11 Å². The highest BCUT2D eigenvalue weighted by molar-refractivity contribution is 5.85. The van der Waals surface area contributed by atoms with Gasteiger partial charge in [0, 0.05) is 11.5 Å². The first kappa shape index (κ1) is 23.0. The van der Waals surface area contributed by atoms with Crippen LogP contribution in [0, 0.1) is 23.5 Å². The van der Waals surface area contributed by atoms with E-state index in [1.165, 1.54) is 18.2 Å². The Balaban J connectivity index is 1.96. The van der Waals surface area contributed by atoms with Crippen LogP contribution in [0.15, 0.2) is 60.7 Å². The molecule has 0 aliphatic carbocycles. The molecule has 3 heterocycles. The smallest absolute Gasteiger partial charge is 0.354 e. The second-order valence-corrected chi connectivity index (χ2v) is 8.09. The summed E-state index contributed by atoms with van der Waals surface area (Å²) in [7, 11) is 0. The summed E-state index contributed by atoms with van der Waals surface area (Å²) in [4.78, 5) is 23.3. The number of carboxylic acids is 1. The van der Waals surface area contributed by atoms with Gasteiger partial charge in [-0.1, -0.05) is 6.07 Å². The monoisotopic (exact) mass is 467 g/mol. The highest BCUT2D eigenvalue weighted by atomic mass is 19.1. The van der Waals surface area contributed by atoms with Crippen LogP contribution in [0.5, 0.6) is 0 Å². The number of carboxylic acid groups (broad SMARTS) is 1. The number of hydrogen-bond acceptors (Lipinski definition) is 4.